The lowest BCUT2D eigenvalue weighted by Crippen LogP contribution is -2.51. The van der Waals surface area contributed by atoms with E-state index in [1.54, 1.807) is 7.11 Å². The van der Waals surface area contributed by atoms with Crippen molar-refractivity contribution in [3.05, 3.63) is 30.2 Å². The van der Waals surface area contributed by atoms with E-state index in [0.717, 1.165) is 30.9 Å². The minimum Gasteiger partial charge on any atom is -0.497 e. The van der Waals surface area contributed by atoms with Gasteiger partial charge in [-0.2, -0.15) is 4.98 Å². The zero-order valence-corrected chi connectivity index (χ0v) is 15.9. The number of aryl methyl sites for hydroxylation is 1. The van der Waals surface area contributed by atoms with Crippen LogP contribution in [-0.4, -0.2) is 53.7 Å². The first-order chi connectivity index (χ1) is 12.2. The van der Waals surface area contributed by atoms with Crippen molar-refractivity contribution in [2.45, 2.75) is 32.2 Å². The summed E-state index contributed by atoms with van der Waals surface area (Å²) in [6, 6.07) is 7.86. The first-order valence-electron chi connectivity index (χ1n) is 8.64. The summed E-state index contributed by atoms with van der Waals surface area (Å²) in [5.74, 6) is 2.10. The highest BCUT2D eigenvalue weighted by atomic mass is 35.5. The molecule has 8 heteroatoms. The van der Waals surface area contributed by atoms with Crippen LogP contribution in [0.1, 0.15) is 25.7 Å². The molecule has 0 aliphatic carbocycles. The number of nitrogens with zero attached hydrogens (tertiary/aromatic N) is 3. The van der Waals surface area contributed by atoms with Crippen molar-refractivity contribution in [2.75, 3.05) is 26.7 Å². The zero-order valence-electron chi connectivity index (χ0n) is 15.1. The summed E-state index contributed by atoms with van der Waals surface area (Å²) in [5, 5.41) is 7.35. The Labute approximate surface area is 159 Å². The third-order valence-electron chi connectivity index (χ3n) is 4.32. The summed E-state index contributed by atoms with van der Waals surface area (Å²) in [4.78, 5) is 18.6. The van der Waals surface area contributed by atoms with Gasteiger partial charge in [-0.05, 0) is 37.6 Å². The molecule has 1 aliphatic rings. The number of carbonyl (C=O) groups is 1. The number of ether oxygens (including phenoxy) is 1. The largest absolute Gasteiger partial charge is 0.497 e. The molecule has 1 amide bonds. The van der Waals surface area contributed by atoms with E-state index in [9.17, 15) is 4.79 Å². The average Bonchev–Trinajstić information content (AvgIpc) is 3.10. The molecule has 0 spiro atoms. The van der Waals surface area contributed by atoms with Crippen molar-refractivity contribution in [2.24, 2.45) is 0 Å². The molecule has 1 unspecified atom stereocenters. The molecule has 1 atom stereocenters. The molecular formula is C18H25ClN4O3. The number of hydrogen-bond acceptors (Lipinski definition) is 6. The fraction of sp³-hybridized carbons (Fsp3) is 0.500. The van der Waals surface area contributed by atoms with E-state index >= 15 is 0 Å². The van der Waals surface area contributed by atoms with Crippen molar-refractivity contribution in [1.29, 1.82) is 0 Å². The zero-order chi connectivity index (χ0) is 17.6. The maximum absolute atomic E-state index is 12.2. The van der Waals surface area contributed by atoms with E-state index in [0.29, 0.717) is 37.0 Å². The summed E-state index contributed by atoms with van der Waals surface area (Å²) in [6.07, 6.45) is 1.82. The normalized spacial score (nSPS) is 16.8. The lowest BCUT2D eigenvalue weighted by molar-refractivity contribution is -0.132. The van der Waals surface area contributed by atoms with Crippen LogP contribution in [0.4, 0.5) is 0 Å². The Morgan fingerprint density at radius 1 is 1.38 bits per heavy atom. The van der Waals surface area contributed by atoms with E-state index in [4.69, 9.17) is 9.26 Å². The number of halogens is 1. The summed E-state index contributed by atoms with van der Waals surface area (Å²) in [5.41, 5.74) is 0.877. The highest BCUT2D eigenvalue weighted by Crippen LogP contribution is 2.20. The Kier molecular flexibility index (Phi) is 7.41. The third-order valence-corrected chi connectivity index (χ3v) is 4.32. The molecule has 142 valence electrons. The van der Waals surface area contributed by atoms with Gasteiger partial charge < -0.3 is 19.5 Å². The van der Waals surface area contributed by atoms with E-state index in [-0.39, 0.29) is 18.3 Å². The van der Waals surface area contributed by atoms with Gasteiger partial charge in [-0.15, -0.1) is 12.4 Å². The molecule has 2 aromatic rings. The molecule has 2 heterocycles. The average molecular weight is 381 g/mol. The second kappa shape index (κ2) is 9.54. The Morgan fingerprint density at radius 2 is 2.15 bits per heavy atom. The van der Waals surface area contributed by atoms with Gasteiger partial charge in [0.05, 0.1) is 7.11 Å². The molecule has 0 radical (unpaired) electrons. The summed E-state index contributed by atoms with van der Waals surface area (Å²) >= 11 is 0. The van der Waals surface area contributed by atoms with Gasteiger partial charge in [0.15, 0.2) is 0 Å². The van der Waals surface area contributed by atoms with Crippen LogP contribution >= 0.6 is 12.4 Å². The van der Waals surface area contributed by atoms with E-state index in [1.807, 2.05) is 29.2 Å². The van der Waals surface area contributed by atoms with Gasteiger partial charge in [0, 0.05) is 44.1 Å². The van der Waals surface area contributed by atoms with Gasteiger partial charge in [0.2, 0.25) is 17.6 Å². The predicted molar refractivity (Wildman–Crippen MR) is 101 cm³/mol. The number of rotatable bonds is 6. The second-order valence-corrected chi connectivity index (χ2v) is 6.29. The number of piperazine rings is 1. The smallest absolute Gasteiger partial charge is 0.226 e. The topological polar surface area (TPSA) is 80.5 Å². The molecule has 1 aliphatic heterocycles. The van der Waals surface area contributed by atoms with Crippen molar-refractivity contribution < 1.29 is 14.1 Å². The summed E-state index contributed by atoms with van der Waals surface area (Å²) < 4.78 is 10.4. The van der Waals surface area contributed by atoms with Gasteiger partial charge >= 0.3 is 0 Å². The molecule has 1 saturated heterocycles. The standard InChI is InChI=1S/C18H24N4O3.ClH/c1-13-12-22(11-10-19-13)17(23)5-3-4-16-20-18(21-25-16)14-6-8-15(24-2)9-7-14;/h6-9,13,19H,3-5,10-12H2,1-2H3;1H. The molecule has 1 fully saturated rings. The Bertz CT molecular complexity index is 705. The lowest BCUT2D eigenvalue weighted by atomic mass is 10.1. The number of carbonyl (C=O) groups excluding carboxylic acids is 1. The number of methoxy groups -OCH3 is 1. The second-order valence-electron chi connectivity index (χ2n) is 6.29. The van der Waals surface area contributed by atoms with Crippen LogP contribution < -0.4 is 10.1 Å². The monoisotopic (exact) mass is 380 g/mol. The molecule has 1 aromatic heterocycles. The number of hydrogen-bond donors (Lipinski definition) is 1. The Balaban J connectivity index is 0.00000243. The number of benzene rings is 1. The fourth-order valence-corrected chi connectivity index (χ4v) is 2.92. The molecule has 7 nitrogen and oxygen atoms in total. The molecular weight excluding hydrogens is 356 g/mol. The highest BCUT2D eigenvalue weighted by molar-refractivity contribution is 5.85. The van der Waals surface area contributed by atoms with Crippen molar-refractivity contribution in [3.8, 4) is 17.1 Å². The Morgan fingerprint density at radius 3 is 2.85 bits per heavy atom. The van der Waals surface area contributed by atoms with Gasteiger partial charge in [0.25, 0.3) is 0 Å². The van der Waals surface area contributed by atoms with Crippen LogP contribution in [0.5, 0.6) is 5.75 Å². The van der Waals surface area contributed by atoms with Crippen LogP contribution in [-0.2, 0) is 11.2 Å². The van der Waals surface area contributed by atoms with E-state index < -0.39 is 0 Å². The fourth-order valence-electron chi connectivity index (χ4n) is 2.92. The van der Waals surface area contributed by atoms with Crippen molar-refractivity contribution >= 4 is 18.3 Å². The first-order valence-corrected chi connectivity index (χ1v) is 8.64. The summed E-state index contributed by atoms with van der Waals surface area (Å²) in [6.45, 7) is 4.52. The third kappa shape index (κ3) is 5.19. The predicted octanol–water partition coefficient (Wildman–Crippen LogP) is 2.31. The van der Waals surface area contributed by atoms with E-state index in [1.165, 1.54) is 0 Å². The van der Waals surface area contributed by atoms with E-state index in [2.05, 4.69) is 22.4 Å². The van der Waals surface area contributed by atoms with Crippen LogP contribution in [0, 0.1) is 0 Å². The maximum Gasteiger partial charge on any atom is 0.226 e. The molecule has 3 rings (SSSR count). The van der Waals surface area contributed by atoms with Crippen molar-refractivity contribution in [1.82, 2.24) is 20.4 Å². The minimum atomic E-state index is 0. The highest BCUT2D eigenvalue weighted by Gasteiger charge is 2.20. The van der Waals surface area contributed by atoms with Gasteiger partial charge in [-0.1, -0.05) is 5.16 Å². The molecule has 26 heavy (non-hydrogen) atoms. The number of nitrogens with one attached hydrogen (secondary N) is 1. The molecule has 0 saturated carbocycles. The number of aromatic nitrogens is 2. The van der Waals surface area contributed by atoms with Crippen LogP contribution in [0.15, 0.2) is 28.8 Å². The molecule has 0 bridgehead atoms. The molecule has 1 aromatic carbocycles. The first kappa shape index (κ1) is 20.2. The SMILES string of the molecule is COc1ccc(-c2noc(CCCC(=O)N3CCNC(C)C3)n2)cc1.Cl. The van der Waals surface area contributed by atoms with Crippen LogP contribution in [0.25, 0.3) is 11.4 Å². The Hall–Kier alpha value is -2.12. The minimum absolute atomic E-state index is 0. The van der Waals surface area contributed by atoms with Crippen LogP contribution in [0.3, 0.4) is 0 Å². The quantitative estimate of drug-likeness (QED) is 0.828. The maximum atomic E-state index is 12.2. The van der Waals surface area contributed by atoms with Crippen LogP contribution in [0.2, 0.25) is 0 Å². The van der Waals surface area contributed by atoms with Gasteiger partial charge in [0.1, 0.15) is 5.75 Å². The molecule has 1 N–H and O–H groups in total. The van der Waals surface area contributed by atoms with Gasteiger partial charge in [-0.25, -0.2) is 0 Å². The van der Waals surface area contributed by atoms with Crippen molar-refractivity contribution in [3.63, 3.8) is 0 Å². The van der Waals surface area contributed by atoms with Gasteiger partial charge in [-0.3, -0.25) is 4.79 Å². The summed E-state index contributed by atoms with van der Waals surface area (Å²) in [7, 11) is 1.63. The lowest BCUT2D eigenvalue weighted by Gasteiger charge is -2.31. The number of amides is 1.